The highest BCUT2D eigenvalue weighted by Crippen LogP contribution is 2.76. The van der Waals surface area contributed by atoms with Gasteiger partial charge in [-0.15, -0.1) is 12.3 Å². The SMILES string of the molecule is C#CCCCCOP(=O)(OC)OP(=O)(OC)OP(=O)(OC)OP(=O)(OC)OCC1O[C@@H](n2cc(C)c(=O)[nH]c2=O)C[C@H]1O. The Labute approximate surface area is 246 Å². The summed E-state index contributed by atoms with van der Waals surface area (Å²) in [6, 6.07) is 0. The first-order valence-corrected chi connectivity index (χ1v) is 18.1. The third kappa shape index (κ3) is 10.9. The van der Waals surface area contributed by atoms with Crippen molar-refractivity contribution < 1.29 is 68.2 Å². The van der Waals surface area contributed by atoms with E-state index in [9.17, 15) is 33.0 Å². The van der Waals surface area contributed by atoms with Crippen molar-refractivity contribution in [2.45, 2.75) is 51.0 Å². The van der Waals surface area contributed by atoms with Crippen molar-refractivity contribution in [3.63, 3.8) is 0 Å². The quantitative estimate of drug-likeness (QED) is 0.120. The number of nitrogens with one attached hydrogen (secondary N) is 1. The molecule has 0 aromatic carbocycles. The number of aliphatic hydroxyl groups excluding tert-OH is 1. The molecule has 0 amide bonds. The molecule has 2 heterocycles. The first-order chi connectivity index (χ1) is 20.1. The highest BCUT2D eigenvalue weighted by molar-refractivity contribution is 7.70. The lowest BCUT2D eigenvalue weighted by Gasteiger charge is -2.25. The van der Waals surface area contributed by atoms with E-state index in [0.29, 0.717) is 19.3 Å². The van der Waals surface area contributed by atoms with Crippen LogP contribution in [0.2, 0.25) is 0 Å². The molecule has 1 saturated heterocycles. The molecule has 19 nitrogen and oxygen atoms in total. The number of H-pyrrole nitrogens is 1. The van der Waals surface area contributed by atoms with Gasteiger partial charge in [-0.25, -0.2) is 23.1 Å². The first kappa shape index (κ1) is 37.9. The molecule has 0 radical (unpaired) electrons. The number of unbranched alkanes of at least 4 members (excludes halogenated alkanes) is 2. The van der Waals surface area contributed by atoms with E-state index in [1.165, 1.54) is 13.1 Å². The van der Waals surface area contributed by atoms with Crippen LogP contribution in [-0.4, -0.2) is 68.5 Å². The summed E-state index contributed by atoms with van der Waals surface area (Å²) in [6.45, 7) is 0.545. The van der Waals surface area contributed by atoms with E-state index in [1.807, 2.05) is 0 Å². The fourth-order valence-corrected chi connectivity index (χ4v) is 9.84. The Morgan fingerprint density at radius 3 is 2.02 bits per heavy atom. The standard InChI is InChI=1S/C20H34N2O17P4/c1-7-8-9-10-11-34-40(26,30-3)37-42(28,32-5)39-43(29,33-6)38-41(27,31-4)35-14-17-16(23)12-18(36-17)22-13-15(2)19(24)21-20(22)25/h1,13,16-18,23H,8-12,14H2,2-6H3,(H,21,24,25)/t16-,17?,18-,40?,41?,42?,43?/m1/s1. The van der Waals surface area contributed by atoms with Gasteiger partial charge >= 0.3 is 37.0 Å². The molecule has 0 spiro atoms. The molecule has 23 heteroatoms. The lowest BCUT2D eigenvalue weighted by molar-refractivity contribution is -0.0458. The van der Waals surface area contributed by atoms with E-state index >= 15 is 0 Å². The number of terminal acetylenes is 1. The number of phosphoric ester groups is 2. The zero-order valence-corrected chi connectivity index (χ0v) is 27.4. The van der Waals surface area contributed by atoms with E-state index < -0.39 is 67.6 Å². The predicted molar refractivity (Wildman–Crippen MR) is 147 cm³/mol. The van der Waals surface area contributed by atoms with Gasteiger partial charge in [0.05, 0.1) is 19.3 Å². The maximum absolute atomic E-state index is 13.2. The molecule has 2 N–H and O–H groups in total. The number of rotatable bonds is 19. The van der Waals surface area contributed by atoms with Crippen LogP contribution in [0.25, 0.3) is 0 Å². The summed E-state index contributed by atoms with van der Waals surface area (Å²) in [5, 5.41) is 10.4. The number of nitrogens with zero attached hydrogens (tertiary/aromatic N) is 1. The highest BCUT2D eigenvalue weighted by Gasteiger charge is 2.50. The van der Waals surface area contributed by atoms with Crippen LogP contribution in [0.5, 0.6) is 0 Å². The molecule has 246 valence electrons. The molecule has 1 aromatic rings. The zero-order chi connectivity index (χ0) is 32.5. The minimum atomic E-state index is -5.23. The molecule has 1 aliphatic rings. The zero-order valence-electron chi connectivity index (χ0n) is 23.8. The van der Waals surface area contributed by atoms with Gasteiger partial charge in [-0.2, -0.15) is 12.9 Å². The number of phosphoric acid groups is 4. The molecule has 0 aliphatic carbocycles. The van der Waals surface area contributed by atoms with Crippen molar-refractivity contribution in [3.05, 3.63) is 32.6 Å². The minimum absolute atomic E-state index is 0.128. The molecule has 43 heavy (non-hydrogen) atoms. The van der Waals surface area contributed by atoms with Crippen LogP contribution in [-0.2, 0) is 63.1 Å². The molecular formula is C20H34N2O17P4. The molecule has 1 fully saturated rings. The Morgan fingerprint density at radius 1 is 0.953 bits per heavy atom. The van der Waals surface area contributed by atoms with E-state index in [4.69, 9.17) is 37.7 Å². The number of aliphatic hydroxyl groups is 1. The lowest BCUT2D eigenvalue weighted by atomic mass is 10.2. The topological polar surface area (TPSA) is 236 Å². The third-order valence-electron chi connectivity index (χ3n) is 5.52. The van der Waals surface area contributed by atoms with Crippen LogP contribution in [0.4, 0.5) is 0 Å². The molecule has 7 atom stereocenters. The van der Waals surface area contributed by atoms with Gasteiger partial charge in [0.15, 0.2) is 0 Å². The van der Waals surface area contributed by atoms with Gasteiger partial charge in [-0.1, -0.05) is 0 Å². The van der Waals surface area contributed by atoms with Crippen LogP contribution in [0.1, 0.15) is 37.5 Å². The second-order valence-electron chi connectivity index (χ2n) is 8.47. The van der Waals surface area contributed by atoms with Crippen molar-refractivity contribution in [1.82, 2.24) is 9.55 Å². The van der Waals surface area contributed by atoms with Crippen molar-refractivity contribution >= 4 is 31.3 Å². The van der Waals surface area contributed by atoms with Crippen LogP contribution in [0.3, 0.4) is 0 Å². The highest BCUT2D eigenvalue weighted by atomic mass is 31.3. The van der Waals surface area contributed by atoms with Gasteiger partial charge in [0.2, 0.25) is 0 Å². The number of aryl methyl sites for hydroxylation is 1. The molecule has 1 aliphatic heterocycles. The summed E-state index contributed by atoms with van der Waals surface area (Å²) >= 11 is 0. The fourth-order valence-electron chi connectivity index (χ4n) is 3.26. The Balaban J connectivity index is 2.11. The van der Waals surface area contributed by atoms with Crippen molar-refractivity contribution in [3.8, 4) is 12.3 Å². The summed E-state index contributed by atoms with van der Waals surface area (Å²) in [6.07, 6.45) is 3.98. The molecule has 2 rings (SSSR count). The third-order valence-corrected chi connectivity index (χ3v) is 13.1. The lowest BCUT2D eigenvalue weighted by Crippen LogP contribution is -2.33. The largest absolute Gasteiger partial charge is 0.492 e. The minimum Gasteiger partial charge on any atom is -0.390 e. The van der Waals surface area contributed by atoms with Crippen LogP contribution >= 0.6 is 31.3 Å². The van der Waals surface area contributed by atoms with Gasteiger partial charge in [0.25, 0.3) is 5.56 Å². The van der Waals surface area contributed by atoms with Gasteiger partial charge in [-0.05, 0) is 19.8 Å². The summed E-state index contributed by atoms with van der Waals surface area (Å²) in [5.74, 6) is 2.41. The maximum Gasteiger partial charge on any atom is 0.492 e. The number of aromatic nitrogens is 2. The molecule has 0 bridgehead atoms. The average molecular weight is 698 g/mol. The smallest absolute Gasteiger partial charge is 0.390 e. The Kier molecular flexibility index (Phi) is 14.4. The summed E-state index contributed by atoms with van der Waals surface area (Å²) in [4.78, 5) is 25.9. The van der Waals surface area contributed by atoms with Crippen molar-refractivity contribution in [2.24, 2.45) is 0 Å². The summed E-state index contributed by atoms with van der Waals surface area (Å²) < 4.78 is 102. The first-order valence-electron chi connectivity index (χ1n) is 12.2. The van der Waals surface area contributed by atoms with Gasteiger partial charge in [0.1, 0.15) is 12.3 Å². The summed E-state index contributed by atoms with van der Waals surface area (Å²) in [5.41, 5.74) is -1.19. The normalized spacial score (nSPS) is 24.3. The van der Waals surface area contributed by atoms with E-state index in [-0.39, 0.29) is 18.6 Å². The Morgan fingerprint density at radius 2 is 1.49 bits per heavy atom. The van der Waals surface area contributed by atoms with Crippen LogP contribution < -0.4 is 11.2 Å². The number of hydrogen-bond acceptors (Lipinski definition) is 17. The van der Waals surface area contributed by atoms with Crippen molar-refractivity contribution in [2.75, 3.05) is 41.7 Å². The van der Waals surface area contributed by atoms with Gasteiger partial charge < -0.3 is 9.84 Å². The van der Waals surface area contributed by atoms with E-state index in [0.717, 1.165) is 33.0 Å². The monoisotopic (exact) mass is 698 g/mol. The maximum atomic E-state index is 13.2. The number of aromatic amines is 1. The van der Waals surface area contributed by atoms with E-state index in [2.05, 4.69) is 24.5 Å². The second kappa shape index (κ2) is 16.3. The van der Waals surface area contributed by atoms with E-state index in [1.54, 1.807) is 0 Å². The number of hydrogen-bond donors (Lipinski definition) is 2. The van der Waals surface area contributed by atoms with Crippen LogP contribution in [0, 0.1) is 19.3 Å². The van der Waals surface area contributed by atoms with Gasteiger partial charge in [0, 0.05) is 53.0 Å². The Hall–Kier alpha value is -1.28. The van der Waals surface area contributed by atoms with Crippen LogP contribution in [0.15, 0.2) is 15.8 Å². The second-order valence-corrected chi connectivity index (χ2v) is 16.0. The molecular weight excluding hydrogens is 664 g/mol. The molecule has 5 unspecified atom stereocenters. The fraction of sp³-hybridized carbons (Fsp3) is 0.700. The average Bonchev–Trinajstić information content (AvgIpc) is 3.33. The number of ether oxygens (including phenoxy) is 1. The van der Waals surface area contributed by atoms with Crippen molar-refractivity contribution in [1.29, 1.82) is 0 Å². The Bertz CT molecular complexity index is 1440. The molecule has 1 aromatic heterocycles. The predicted octanol–water partition coefficient (Wildman–Crippen LogP) is 3.40. The molecule has 0 saturated carbocycles. The van der Waals surface area contributed by atoms with Gasteiger partial charge in [-0.3, -0.25) is 41.5 Å². The summed E-state index contributed by atoms with van der Waals surface area (Å²) in [7, 11) is -16.7.